The Labute approximate surface area is 167 Å². The average Bonchev–Trinajstić information content (AvgIpc) is 2.99. The number of carbonyl (C=O) groups is 2. The smallest absolute Gasteiger partial charge is 0.271 e. The van der Waals surface area contributed by atoms with E-state index in [0.29, 0.717) is 11.1 Å². The lowest BCUT2D eigenvalue weighted by atomic mass is 10.1. The van der Waals surface area contributed by atoms with Crippen molar-refractivity contribution in [1.29, 1.82) is 0 Å². The number of Topliss-reactive ketones (excluding diaryl/α,β-unsaturated/α-hetero) is 1. The molecule has 0 aromatic heterocycles. The maximum absolute atomic E-state index is 12.7. The zero-order valence-corrected chi connectivity index (χ0v) is 16.5. The summed E-state index contributed by atoms with van der Waals surface area (Å²) in [4.78, 5) is 25.3. The minimum atomic E-state index is -3.67. The molecule has 3 aromatic rings. The Morgan fingerprint density at radius 1 is 0.966 bits per heavy atom. The van der Waals surface area contributed by atoms with Gasteiger partial charge in [0, 0.05) is 36.2 Å². The highest BCUT2D eigenvalue weighted by Crippen LogP contribution is 2.30. The van der Waals surface area contributed by atoms with Gasteiger partial charge in [-0.3, -0.25) is 9.59 Å². The van der Waals surface area contributed by atoms with Crippen LogP contribution in [-0.2, 0) is 10.0 Å². The van der Waals surface area contributed by atoms with Crippen LogP contribution in [0.2, 0.25) is 0 Å². The molecule has 8 heteroatoms. The van der Waals surface area contributed by atoms with Crippen molar-refractivity contribution in [3.8, 4) is 0 Å². The van der Waals surface area contributed by atoms with Crippen LogP contribution in [-0.4, -0.2) is 44.2 Å². The fraction of sp³-hybridized carbons (Fsp3) is 0.0952. The van der Waals surface area contributed by atoms with Crippen LogP contribution in [0.1, 0.15) is 26.3 Å². The van der Waals surface area contributed by atoms with Gasteiger partial charge in [0.1, 0.15) is 5.71 Å². The topological polar surface area (TPSA) is 95.9 Å². The van der Waals surface area contributed by atoms with Gasteiger partial charge in [-0.25, -0.2) is 18.1 Å². The number of benzene rings is 3. The van der Waals surface area contributed by atoms with E-state index in [4.69, 9.17) is 0 Å². The molecule has 3 aromatic carbocycles. The number of hydrogen-bond acceptors (Lipinski definition) is 5. The molecule has 0 spiro atoms. The Hall–Kier alpha value is -3.36. The molecule has 4 rings (SSSR count). The van der Waals surface area contributed by atoms with Crippen LogP contribution in [0.3, 0.4) is 0 Å². The fourth-order valence-electron chi connectivity index (χ4n) is 3.27. The maximum atomic E-state index is 12.7. The zero-order chi connectivity index (χ0) is 20.8. The first-order valence-corrected chi connectivity index (χ1v) is 10.2. The highest BCUT2D eigenvalue weighted by atomic mass is 32.2. The largest absolute Gasteiger partial charge is 0.287 e. The van der Waals surface area contributed by atoms with Crippen molar-refractivity contribution in [3.63, 3.8) is 0 Å². The van der Waals surface area contributed by atoms with E-state index in [1.807, 2.05) is 18.2 Å². The van der Waals surface area contributed by atoms with Crippen LogP contribution in [0.25, 0.3) is 10.8 Å². The number of rotatable bonds is 4. The quantitative estimate of drug-likeness (QED) is 0.672. The molecule has 1 N–H and O–H groups in total. The molecule has 0 saturated carbocycles. The number of sulfonamides is 1. The SMILES string of the molecule is CN(C)S(=O)(=O)c1cccc(C(=O)N/N=C2\C(=O)c3cccc4cccc2c34)c1. The van der Waals surface area contributed by atoms with Crippen LogP contribution in [0.4, 0.5) is 0 Å². The van der Waals surface area contributed by atoms with Crippen molar-refractivity contribution in [2.45, 2.75) is 4.90 Å². The van der Waals surface area contributed by atoms with Gasteiger partial charge in [-0.15, -0.1) is 0 Å². The number of hydrazone groups is 1. The van der Waals surface area contributed by atoms with Gasteiger partial charge in [0.25, 0.3) is 5.91 Å². The van der Waals surface area contributed by atoms with Gasteiger partial charge >= 0.3 is 0 Å². The highest BCUT2D eigenvalue weighted by molar-refractivity contribution is 7.89. The first-order chi connectivity index (χ1) is 13.8. The minimum absolute atomic E-state index is 0.00285. The van der Waals surface area contributed by atoms with Gasteiger partial charge in [0.05, 0.1) is 4.90 Å². The molecule has 0 heterocycles. The van der Waals surface area contributed by atoms with Crippen LogP contribution in [0, 0.1) is 0 Å². The third-order valence-electron chi connectivity index (χ3n) is 4.76. The average molecular weight is 407 g/mol. The fourth-order valence-corrected chi connectivity index (χ4v) is 4.22. The number of carbonyl (C=O) groups excluding carboxylic acids is 2. The number of ketones is 1. The Morgan fingerprint density at radius 2 is 1.62 bits per heavy atom. The predicted octanol–water partition coefficient (Wildman–Crippen LogP) is 2.42. The van der Waals surface area contributed by atoms with Crippen LogP contribution < -0.4 is 5.43 Å². The molecule has 146 valence electrons. The standard InChI is InChI=1S/C21H17N3O4S/c1-24(2)29(27,28)15-9-3-8-14(12-15)21(26)23-22-19-16-10-4-6-13-7-5-11-17(18(13)16)20(19)25/h3-12H,1-2H3,(H,23,26)/b22-19-. The van der Waals surface area contributed by atoms with E-state index >= 15 is 0 Å². The second-order valence-electron chi connectivity index (χ2n) is 6.75. The summed E-state index contributed by atoms with van der Waals surface area (Å²) in [6.45, 7) is 0. The van der Waals surface area contributed by atoms with Gasteiger partial charge < -0.3 is 0 Å². The van der Waals surface area contributed by atoms with Crippen molar-refractivity contribution < 1.29 is 18.0 Å². The van der Waals surface area contributed by atoms with Gasteiger partial charge in [-0.05, 0) is 23.6 Å². The molecule has 0 bridgehead atoms. The second kappa shape index (κ2) is 6.91. The Kier molecular flexibility index (Phi) is 4.52. The third kappa shape index (κ3) is 3.12. The molecule has 29 heavy (non-hydrogen) atoms. The minimum Gasteiger partial charge on any atom is -0.287 e. The summed E-state index contributed by atoms with van der Waals surface area (Å²) in [7, 11) is -0.842. The number of nitrogens with one attached hydrogen (secondary N) is 1. The molecule has 7 nitrogen and oxygen atoms in total. The van der Waals surface area contributed by atoms with Crippen molar-refractivity contribution in [2.75, 3.05) is 14.1 Å². The van der Waals surface area contributed by atoms with Crippen molar-refractivity contribution in [3.05, 3.63) is 77.4 Å². The van der Waals surface area contributed by atoms with Crippen LogP contribution in [0.5, 0.6) is 0 Å². The van der Waals surface area contributed by atoms with E-state index in [-0.39, 0.29) is 22.0 Å². The summed E-state index contributed by atoms with van der Waals surface area (Å²) in [5.41, 5.74) is 3.86. The van der Waals surface area contributed by atoms with E-state index in [1.54, 1.807) is 18.2 Å². The maximum Gasteiger partial charge on any atom is 0.271 e. The van der Waals surface area contributed by atoms with Crippen molar-refractivity contribution >= 4 is 38.2 Å². The molecular weight excluding hydrogens is 390 g/mol. The first-order valence-electron chi connectivity index (χ1n) is 8.78. The number of amides is 1. The zero-order valence-electron chi connectivity index (χ0n) is 15.7. The van der Waals surface area contributed by atoms with E-state index in [0.717, 1.165) is 15.1 Å². The van der Waals surface area contributed by atoms with Crippen molar-refractivity contribution in [2.24, 2.45) is 5.10 Å². The molecular formula is C21H17N3O4S. The lowest BCUT2D eigenvalue weighted by Gasteiger charge is -2.11. The van der Waals surface area contributed by atoms with Gasteiger partial charge in [0.15, 0.2) is 0 Å². The summed E-state index contributed by atoms with van der Waals surface area (Å²) in [6, 6.07) is 16.6. The molecule has 1 aliphatic rings. The molecule has 0 atom stereocenters. The Morgan fingerprint density at radius 3 is 2.31 bits per heavy atom. The van der Waals surface area contributed by atoms with Gasteiger partial charge in [0.2, 0.25) is 15.8 Å². The molecule has 1 aliphatic carbocycles. The Bertz CT molecular complexity index is 1310. The van der Waals surface area contributed by atoms with E-state index in [2.05, 4.69) is 10.5 Å². The summed E-state index contributed by atoms with van der Waals surface area (Å²) in [5.74, 6) is -0.870. The van der Waals surface area contributed by atoms with E-state index in [1.165, 1.54) is 38.4 Å². The summed E-state index contributed by atoms with van der Waals surface area (Å²) in [5, 5.41) is 5.79. The molecule has 1 amide bonds. The monoisotopic (exact) mass is 407 g/mol. The number of hydrogen-bond donors (Lipinski definition) is 1. The van der Waals surface area contributed by atoms with E-state index in [9.17, 15) is 18.0 Å². The van der Waals surface area contributed by atoms with E-state index < -0.39 is 15.9 Å². The first kappa shape index (κ1) is 19.0. The summed E-state index contributed by atoms with van der Waals surface area (Å²) in [6.07, 6.45) is 0. The van der Waals surface area contributed by atoms with Gasteiger partial charge in [-0.1, -0.05) is 42.5 Å². The molecule has 0 saturated heterocycles. The Balaban J connectivity index is 1.65. The number of nitrogens with zero attached hydrogens (tertiary/aromatic N) is 2. The molecule has 0 aliphatic heterocycles. The van der Waals surface area contributed by atoms with Crippen LogP contribution in [0.15, 0.2) is 70.7 Å². The lowest BCUT2D eigenvalue weighted by molar-refractivity contribution is 0.0954. The lowest BCUT2D eigenvalue weighted by Crippen LogP contribution is -2.24. The van der Waals surface area contributed by atoms with Crippen LogP contribution >= 0.6 is 0 Å². The molecule has 0 fully saturated rings. The normalized spacial score (nSPS) is 14.7. The third-order valence-corrected chi connectivity index (χ3v) is 6.57. The summed E-state index contributed by atoms with van der Waals surface area (Å²) < 4.78 is 25.6. The molecule has 0 radical (unpaired) electrons. The molecule has 0 unspecified atom stereocenters. The summed E-state index contributed by atoms with van der Waals surface area (Å²) >= 11 is 0. The highest BCUT2D eigenvalue weighted by Gasteiger charge is 2.29. The van der Waals surface area contributed by atoms with Gasteiger partial charge in [-0.2, -0.15) is 5.10 Å². The van der Waals surface area contributed by atoms with Crippen molar-refractivity contribution in [1.82, 2.24) is 9.73 Å². The predicted molar refractivity (Wildman–Crippen MR) is 110 cm³/mol. The second-order valence-corrected chi connectivity index (χ2v) is 8.91.